The van der Waals surface area contributed by atoms with E-state index in [2.05, 4.69) is 20.4 Å². The molecule has 0 radical (unpaired) electrons. The Hall–Kier alpha value is -4.74. The van der Waals surface area contributed by atoms with Gasteiger partial charge in [0.05, 0.1) is 11.7 Å². The average Bonchev–Trinajstić information content (AvgIpc) is 3.64. The van der Waals surface area contributed by atoms with Crippen LogP contribution in [0.3, 0.4) is 0 Å². The van der Waals surface area contributed by atoms with Crippen molar-refractivity contribution >= 4 is 16.7 Å². The third-order valence-electron chi connectivity index (χ3n) is 8.31. The van der Waals surface area contributed by atoms with Crippen molar-refractivity contribution < 1.29 is 31.1 Å². The number of fused-ring (bicyclic) bond motifs is 4. The molecule has 5 aromatic rings. The molecule has 2 heterocycles. The lowest BCUT2D eigenvalue weighted by molar-refractivity contribution is -0.123. The zero-order chi connectivity index (χ0) is 30.7. The van der Waals surface area contributed by atoms with Crippen molar-refractivity contribution in [3.8, 4) is 11.1 Å². The molecule has 6 nitrogen and oxygen atoms in total. The molecule has 0 spiro atoms. The number of nitrogens with one attached hydrogen (secondary N) is 1. The maximum atomic E-state index is 15.1. The van der Waals surface area contributed by atoms with E-state index < -0.39 is 65.7 Å². The fourth-order valence-electron chi connectivity index (χ4n) is 6.42. The van der Waals surface area contributed by atoms with Gasteiger partial charge in [-0.25, -0.2) is 27.5 Å². The molecule has 0 saturated heterocycles. The first kappa shape index (κ1) is 28.1. The Kier molecular flexibility index (Phi) is 6.67. The van der Waals surface area contributed by atoms with Gasteiger partial charge < -0.3 is 5.32 Å². The smallest absolute Gasteiger partial charge is 0.293 e. The Morgan fingerprint density at radius 1 is 1.00 bits per heavy atom. The maximum absolute atomic E-state index is 15.1. The lowest BCUT2D eigenvalue weighted by Gasteiger charge is -2.22. The maximum Gasteiger partial charge on any atom is 0.293 e. The summed E-state index contributed by atoms with van der Waals surface area (Å²) in [5.74, 6) is -7.66. The van der Waals surface area contributed by atoms with Crippen molar-refractivity contribution in [2.24, 2.45) is 5.92 Å². The molecule has 1 N–H and O–H groups in total. The predicted octanol–water partition coefficient (Wildman–Crippen LogP) is 7.02. The number of rotatable bonds is 8. The quantitative estimate of drug-likeness (QED) is 0.193. The molecule has 1 amide bonds. The molecule has 7 rings (SSSR count). The van der Waals surface area contributed by atoms with Gasteiger partial charge in [-0.05, 0) is 52.8 Å². The number of benzene rings is 3. The summed E-state index contributed by atoms with van der Waals surface area (Å²) in [4.78, 5) is 22.1. The summed E-state index contributed by atoms with van der Waals surface area (Å²) in [6.45, 7) is -0.771. The highest BCUT2D eigenvalue weighted by molar-refractivity contribution is 5.97. The summed E-state index contributed by atoms with van der Waals surface area (Å²) in [7, 11) is 0. The molecule has 12 heteroatoms. The van der Waals surface area contributed by atoms with Gasteiger partial charge in [0, 0.05) is 29.3 Å². The first-order valence-electron chi connectivity index (χ1n) is 13.9. The number of hydrogen-bond donors (Lipinski definition) is 1. The summed E-state index contributed by atoms with van der Waals surface area (Å²) < 4.78 is 86.7. The monoisotopic (exact) mass is 607 g/mol. The fourth-order valence-corrected chi connectivity index (χ4v) is 6.42. The van der Waals surface area contributed by atoms with Crippen molar-refractivity contribution in [2.75, 3.05) is 0 Å². The average molecular weight is 608 g/mol. The summed E-state index contributed by atoms with van der Waals surface area (Å²) in [6.07, 6.45) is -0.304. The van der Waals surface area contributed by atoms with Crippen molar-refractivity contribution in [1.82, 2.24) is 25.1 Å². The number of carbonyl (C=O) groups excluding carboxylic acids is 1. The van der Waals surface area contributed by atoms with Gasteiger partial charge >= 0.3 is 0 Å². The van der Waals surface area contributed by atoms with Crippen molar-refractivity contribution in [1.29, 1.82) is 0 Å². The van der Waals surface area contributed by atoms with Crippen LogP contribution in [0.4, 0.5) is 26.3 Å². The molecule has 3 aromatic carbocycles. The van der Waals surface area contributed by atoms with Crippen molar-refractivity contribution in [2.45, 2.75) is 43.7 Å². The third-order valence-corrected chi connectivity index (χ3v) is 8.31. The van der Waals surface area contributed by atoms with Gasteiger partial charge in [-0.3, -0.25) is 9.48 Å². The van der Waals surface area contributed by atoms with E-state index in [1.807, 2.05) is 42.5 Å². The first-order valence-corrected chi connectivity index (χ1v) is 13.9. The Morgan fingerprint density at radius 2 is 1.75 bits per heavy atom. The summed E-state index contributed by atoms with van der Waals surface area (Å²) in [5.41, 5.74) is 0.182. The predicted molar refractivity (Wildman–Crippen MR) is 148 cm³/mol. The second-order valence-corrected chi connectivity index (χ2v) is 11.1. The lowest BCUT2D eigenvalue weighted by Crippen LogP contribution is -2.35. The van der Waals surface area contributed by atoms with E-state index in [1.165, 1.54) is 6.33 Å². The van der Waals surface area contributed by atoms with E-state index >= 15 is 8.78 Å². The van der Waals surface area contributed by atoms with Crippen LogP contribution in [-0.2, 0) is 23.7 Å². The minimum Gasteiger partial charge on any atom is -0.346 e. The molecule has 1 fully saturated rings. The van der Waals surface area contributed by atoms with Crippen LogP contribution >= 0.6 is 0 Å². The van der Waals surface area contributed by atoms with Crippen molar-refractivity contribution in [3.05, 3.63) is 113 Å². The zero-order valence-electron chi connectivity index (χ0n) is 22.8. The van der Waals surface area contributed by atoms with Gasteiger partial charge in [0.1, 0.15) is 35.9 Å². The van der Waals surface area contributed by atoms with Crippen LogP contribution in [0.5, 0.6) is 0 Å². The largest absolute Gasteiger partial charge is 0.346 e. The van der Waals surface area contributed by atoms with E-state index in [9.17, 15) is 22.4 Å². The fraction of sp³-hybridized carbons (Fsp3) is 0.250. The van der Waals surface area contributed by atoms with Gasteiger partial charge in [-0.1, -0.05) is 42.5 Å². The minimum absolute atomic E-state index is 0.0918. The van der Waals surface area contributed by atoms with Crippen LogP contribution in [-0.4, -0.2) is 25.7 Å². The second-order valence-electron chi connectivity index (χ2n) is 11.1. The number of carbonyl (C=O) groups is 1. The molecular formula is C32H23F6N5O. The molecule has 2 unspecified atom stereocenters. The Labute approximate surface area is 246 Å². The molecule has 1 saturated carbocycles. The van der Waals surface area contributed by atoms with Crippen LogP contribution in [0.15, 0.2) is 73.2 Å². The minimum atomic E-state index is -3.40. The van der Waals surface area contributed by atoms with Gasteiger partial charge in [0.15, 0.2) is 0 Å². The van der Waals surface area contributed by atoms with Crippen molar-refractivity contribution in [3.63, 3.8) is 0 Å². The molecular weight excluding hydrogens is 584 g/mol. The Balaban J connectivity index is 1.27. The lowest BCUT2D eigenvalue weighted by atomic mass is 9.93. The van der Waals surface area contributed by atoms with Gasteiger partial charge in [-0.2, -0.15) is 13.9 Å². The van der Waals surface area contributed by atoms with Gasteiger partial charge in [0.25, 0.3) is 12.3 Å². The van der Waals surface area contributed by atoms with E-state index in [0.29, 0.717) is 22.0 Å². The highest BCUT2D eigenvalue weighted by Gasteiger charge is 2.67. The highest BCUT2D eigenvalue weighted by Crippen LogP contribution is 2.68. The molecule has 44 heavy (non-hydrogen) atoms. The van der Waals surface area contributed by atoms with E-state index in [1.54, 1.807) is 6.20 Å². The molecule has 0 aliphatic heterocycles. The van der Waals surface area contributed by atoms with E-state index in [0.717, 1.165) is 28.5 Å². The highest BCUT2D eigenvalue weighted by atomic mass is 19.3. The number of alkyl halides is 4. The van der Waals surface area contributed by atoms with Gasteiger partial charge in [-0.15, -0.1) is 0 Å². The summed E-state index contributed by atoms with van der Waals surface area (Å²) in [6, 6.07) is 15.1. The standard InChI is InChI=1S/C32H23F6N5O/c33-18-8-16(9-19(34)11-18)10-25(28-23(13-39-15-40-28)21-7-3-5-17-4-1-2-6-20(17)21)41-26(44)14-43-30-27(29(42-43)31(35)36)22-12-24(22)32(30,37)38/h1-9,11,13,15,22,24-25,31H,10,12,14H2,(H,41,44)/t22?,24?,25-/m0/s1. The Morgan fingerprint density at radius 3 is 2.52 bits per heavy atom. The van der Waals surface area contributed by atoms with Crippen LogP contribution in [0, 0.1) is 17.6 Å². The van der Waals surface area contributed by atoms with Crippen LogP contribution < -0.4 is 5.32 Å². The molecule has 0 bridgehead atoms. The zero-order valence-corrected chi connectivity index (χ0v) is 22.8. The molecule has 2 aliphatic carbocycles. The molecule has 224 valence electrons. The SMILES string of the molecule is O=C(Cn1nc(C(F)F)c2c1C(F)(F)C1CC21)N[C@@H](Cc1cc(F)cc(F)c1)c1ncncc1-c1cccc2ccccc12. The van der Waals surface area contributed by atoms with E-state index in [4.69, 9.17) is 0 Å². The summed E-state index contributed by atoms with van der Waals surface area (Å²) >= 11 is 0. The van der Waals surface area contributed by atoms with Crippen LogP contribution in [0.1, 0.15) is 53.0 Å². The first-order chi connectivity index (χ1) is 21.1. The van der Waals surface area contributed by atoms with Gasteiger partial charge in [0.2, 0.25) is 5.91 Å². The summed E-state index contributed by atoms with van der Waals surface area (Å²) in [5, 5.41) is 8.26. The number of hydrogen-bond acceptors (Lipinski definition) is 4. The van der Waals surface area contributed by atoms with Crippen LogP contribution in [0.25, 0.3) is 21.9 Å². The molecule has 3 atom stereocenters. The molecule has 2 aromatic heterocycles. The third kappa shape index (κ3) is 4.78. The Bertz CT molecular complexity index is 1900. The topological polar surface area (TPSA) is 72.7 Å². The van der Waals surface area contributed by atoms with Crippen LogP contribution in [0.2, 0.25) is 0 Å². The normalized spacial score (nSPS) is 18.7. The number of nitrogens with zero attached hydrogens (tertiary/aromatic N) is 4. The number of amides is 1. The molecule has 2 aliphatic rings. The second kappa shape index (κ2) is 10.5. The van der Waals surface area contributed by atoms with E-state index in [-0.39, 0.29) is 24.0 Å². The number of halogens is 6. The number of aromatic nitrogens is 4.